The number of aromatic hydroxyl groups is 2. The van der Waals surface area contributed by atoms with E-state index in [1.807, 2.05) is 0 Å². The maximum Gasteiger partial charge on any atom is 0.333 e. The van der Waals surface area contributed by atoms with Gasteiger partial charge in [-0.2, -0.15) is 0 Å². The van der Waals surface area contributed by atoms with Crippen LogP contribution in [0, 0.1) is 0 Å². The van der Waals surface area contributed by atoms with Gasteiger partial charge in [0.1, 0.15) is 12.4 Å². The lowest BCUT2D eigenvalue weighted by Gasteiger charge is -2.17. The predicted molar refractivity (Wildman–Crippen MR) is 89.1 cm³/mol. The second kappa shape index (κ2) is 7.70. The Morgan fingerprint density at radius 3 is 2.54 bits per heavy atom. The molecular formula is C18H20O6. The Morgan fingerprint density at radius 1 is 1.21 bits per heavy atom. The van der Waals surface area contributed by atoms with E-state index in [1.54, 1.807) is 38.1 Å². The zero-order valence-corrected chi connectivity index (χ0v) is 13.6. The largest absolute Gasteiger partial charge is 0.504 e. The summed E-state index contributed by atoms with van der Waals surface area (Å²) in [7, 11) is 0. The van der Waals surface area contributed by atoms with Crippen LogP contribution in [0.4, 0.5) is 0 Å². The summed E-state index contributed by atoms with van der Waals surface area (Å²) in [5, 5.41) is 20.8. The first-order valence-corrected chi connectivity index (χ1v) is 7.44. The molecule has 0 amide bonds. The molecule has 6 heteroatoms. The van der Waals surface area contributed by atoms with Crippen molar-refractivity contribution >= 4 is 16.7 Å². The van der Waals surface area contributed by atoms with E-state index in [0.717, 1.165) is 0 Å². The highest BCUT2D eigenvalue weighted by Gasteiger charge is 2.14. The van der Waals surface area contributed by atoms with Crippen molar-refractivity contribution in [1.29, 1.82) is 0 Å². The Balaban J connectivity index is 1.98. The fourth-order valence-electron chi connectivity index (χ4n) is 2.09. The number of ether oxygens (including phenoxy) is 3. The first-order chi connectivity index (χ1) is 11.4. The van der Waals surface area contributed by atoms with Gasteiger partial charge in [-0.05, 0) is 13.8 Å². The zero-order valence-electron chi connectivity index (χ0n) is 13.6. The molecule has 0 aromatic heterocycles. The van der Waals surface area contributed by atoms with Crippen LogP contribution in [0.3, 0.4) is 0 Å². The lowest BCUT2D eigenvalue weighted by Crippen LogP contribution is -2.20. The van der Waals surface area contributed by atoms with Crippen molar-refractivity contribution in [2.24, 2.45) is 0 Å². The topological polar surface area (TPSA) is 85.2 Å². The van der Waals surface area contributed by atoms with Gasteiger partial charge in [0.25, 0.3) is 0 Å². The van der Waals surface area contributed by atoms with E-state index in [1.165, 1.54) is 6.07 Å². The van der Waals surface area contributed by atoms with Crippen molar-refractivity contribution in [1.82, 2.24) is 0 Å². The fraction of sp³-hybridized carbons (Fsp3) is 0.278. The lowest BCUT2D eigenvalue weighted by atomic mass is 10.1. The molecule has 0 fully saturated rings. The quantitative estimate of drug-likeness (QED) is 0.266. The number of hydrogen-bond donors (Lipinski definition) is 2. The molecule has 24 heavy (non-hydrogen) atoms. The summed E-state index contributed by atoms with van der Waals surface area (Å²) in [4.78, 5) is 11.2. The molecule has 0 heterocycles. The number of carbonyl (C=O) groups is 1. The number of rotatable bonds is 7. The van der Waals surface area contributed by atoms with E-state index in [4.69, 9.17) is 14.2 Å². The monoisotopic (exact) mass is 332 g/mol. The van der Waals surface area contributed by atoms with Gasteiger partial charge >= 0.3 is 5.97 Å². The summed E-state index contributed by atoms with van der Waals surface area (Å²) in [6.45, 7) is 6.97. The third-order valence-corrected chi connectivity index (χ3v) is 3.27. The second-order valence-electron chi connectivity index (χ2n) is 5.26. The van der Waals surface area contributed by atoms with Crippen molar-refractivity contribution in [2.75, 3.05) is 13.2 Å². The van der Waals surface area contributed by atoms with Gasteiger partial charge in [0.15, 0.2) is 17.8 Å². The number of phenols is 2. The van der Waals surface area contributed by atoms with Gasteiger partial charge in [0.05, 0.1) is 6.61 Å². The second-order valence-corrected chi connectivity index (χ2v) is 5.26. The van der Waals surface area contributed by atoms with E-state index in [9.17, 15) is 15.0 Å². The third-order valence-electron chi connectivity index (χ3n) is 3.27. The van der Waals surface area contributed by atoms with E-state index in [2.05, 4.69) is 6.58 Å². The Kier molecular flexibility index (Phi) is 5.65. The van der Waals surface area contributed by atoms with E-state index < -0.39 is 12.3 Å². The normalized spacial score (nSPS) is 11.9. The number of hydrogen-bond acceptors (Lipinski definition) is 6. The van der Waals surface area contributed by atoms with E-state index >= 15 is 0 Å². The average molecular weight is 332 g/mol. The van der Waals surface area contributed by atoms with E-state index in [0.29, 0.717) is 22.1 Å². The van der Waals surface area contributed by atoms with Crippen LogP contribution < -0.4 is 4.74 Å². The fourth-order valence-corrected chi connectivity index (χ4v) is 2.09. The SMILES string of the molecule is C=C(C)C(=O)OCCOC(C)Oc1cc(O)c(O)c2ccccc12. The zero-order chi connectivity index (χ0) is 17.7. The summed E-state index contributed by atoms with van der Waals surface area (Å²) in [5.74, 6) is -0.557. The molecule has 2 N–H and O–H groups in total. The summed E-state index contributed by atoms with van der Waals surface area (Å²) in [6.07, 6.45) is -0.638. The van der Waals surface area contributed by atoms with Crippen molar-refractivity contribution in [2.45, 2.75) is 20.1 Å². The highest BCUT2D eigenvalue weighted by Crippen LogP contribution is 2.40. The Morgan fingerprint density at radius 2 is 1.88 bits per heavy atom. The highest BCUT2D eigenvalue weighted by atomic mass is 16.7. The van der Waals surface area contributed by atoms with Crippen molar-refractivity contribution in [3.05, 3.63) is 42.5 Å². The standard InChI is InChI=1S/C18H20O6/c1-11(2)18(21)23-9-8-22-12(3)24-16-10-15(19)17(20)14-7-5-4-6-13(14)16/h4-7,10,12,19-20H,1,8-9H2,2-3H3. The Hall–Kier alpha value is -2.73. The molecule has 1 atom stereocenters. The number of phenolic OH excluding ortho intramolecular Hbond substituents is 2. The molecule has 0 aliphatic carbocycles. The van der Waals surface area contributed by atoms with Crippen LogP contribution in [0.15, 0.2) is 42.5 Å². The molecule has 0 saturated heterocycles. The highest BCUT2D eigenvalue weighted by molar-refractivity contribution is 5.95. The van der Waals surface area contributed by atoms with Gasteiger partial charge < -0.3 is 24.4 Å². The summed E-state index contributed by atoms with van der Waals surface area (Å²) in [5.41, 5.74) is 0.324. The van der Waals surface area contributed by atoms with Crippen LogP contribution in [0.5, 0.6) is 17.2 Å². The average Bonchev–Trinajstić information content (AvgIpc) is 2.56. The number of benzene rings is 2. The van der Waals surface area contributed by atoms with Gasteiger partial charge in [0.2, 0.25) is 0 Å². The molecule has 0 aliphatic rings. The van der Waals surface area contributed by atoms with E-state index in [-0.39, 0.29) is 24.7 Å². The van der Waals surface area contributed by atoms with Crippen LogP contribution in [-0.4, -0.2) is 35.7 Å². The minimum atomic E-state index is -0.638. The van der Waals surface area contributed by atoms with Gasteiger partial charge in [-0.25, -0.2) is 4.79 Å². The third kappa shape index (κ3) is 4.17. The van der Waals surface area contributed by atoms with Crippen LogP contribution in [0.2, 0.25) is 0 Å². The number of carbonyl (C=O) groups excluding carboxylic acids is 1. The Bertz CT molecular complexity index is 753. The molecule has 0 bridgehead atoms. The van der Waals surface area contributed by atoms with Crippen molar-refractivity contribution in [3.8, 4) is 17.2 Å². The molecule has 2 rings (SSSR count). The van der Waals surface area contributed by atoms with Gasteiger partial charge in [-0.15, -0.1) is 0 Å². The van der Waals surface area contributed by atoms with Crippen LogP contribution in [0.25, 0.3) is 10.8 Å². The van der Waals surface area contributed by atoms with Crippen molar-refractivity contribution < 1.29 is 29.2 Å². The molecule has 2 aromatic rings. The summed E-state index contributed by atoms with van der Waals surface area (Å²) < 4.78 is 16.0. The van der Waals surface area contributed by atoms with Gasteiger partial charge in [-0.1, -0.05) is 30.8 Å². The van der Waals surface area contributed by atoms with Crippen molar-refractivity contribution in [3.63, 3.8) is 0 Å². The first kappa shape index (κ1) is 17.6. The maximum atomic E-state index is 11.2. The number of fused-ring (bicyclic) bond motifs is 1. The molecule has 0 spiro atoms. The maximum absolute atomic E-state index is 11.2. The molecule has 1 unspecified atom stereocenters. The van der Waals surface area contributed by atoms with Crippen LogP contribution in [-0.2, 0) is 14.3 Å². The summed E-state index contributed by atoms with van der Waals surface area (Å²) >= 11 is 0. The molecule has 0 aliphatic heterocycles. The summed E-state index contributed by atoms with van der Waals surface area (Å²) in [6, 6.07) is 8.33. The predicted octanol–water partition coefficient (Wildman–Crippen LogP) is 3.11. The molecule has 0 saturated carbocycles. The molecule has 6 nitrogen and oxygen atoms in total. The minimum absolute atomic E-state index is 0.0843. The number of esters is 1. The van der Waals surface area contributed by atoms with Crippen LogP contribution in [0.1, 0.15) is 13.8 Å². The first-order valence-electron chi connectivity index (χ1n) is 7.44. The smallest absolute Gasteiger partial charge is 0.333 e. The minimum Gasteiger partial charge on any atom is -0.504 e. The lowest BCUT2D eigenvalue weighted by molar-refractivity contribution is -0.143. The molecule has 0 radical (unpaired) electrons. The molecule has 128 valence electrons. The Labute approximate surface area is 139 Å². The molecule has 2 aromatic carbocycles. The molecular weight excluding hydrogens is 312 g/mol. The van der Waals surface area contributed by atoms with Gasteiger partial charge in [0, 0.05) is 22.4 Å². The van der Waals surface area contributed by atoms with Crippen LogP contribution >= 0.6 is 0 Å². The van der Waals surface area contributed by atoms with Gasteiger partial charge in [-0.3, -0.25) is 0 Å².